The zero-order valence-electron chi connectivity index (χ0n) is 17.7. The molecule has 3 aromatic heterocycles. The summed E-state index contributed by atoms with van der Waals surface area (Å²) in [5.74, 6) is -0.261. The zero-order valence-corrected chi connectivity index (χ0v) is 18.5. The van der Waals surface area contributed by atoms with Crippen molar-refractivity contribution < 1.29 is 14.3 Å². The first kappa shape index (κ1) is 20.2. The van der Waals surface area contributed by atoms with E-state index in [1.807, 2.05) is 23.5 Å². The number of hydrogen-bond acceptors (Lipinski definition) is 6. The van der Waals surface area contributed by atoms with Gasteiger partial charge >= 0.3 is 5.97 Å². The van der Waals surface area contributed by atoms with E-state index in [0.717, 1.165) is 30.0 Å². The minimum absolute atomic E-state index is 0.156. The molecule has 0 spiro atoms. The maximum absolute atomic E-state index is 11.3. The van der Waals surface area contributed by atoms with Crippen LogP contribution in [0.3, 0.4) is 0 Å². The Morgan fingerprint density at radius 1 is 1.12 bits per heavy atom. The number of nitrogens with zero attached hydrogens (tertiary/aromatic N) is 2. The topological polar surface area (TPSA) is 88.2 Å². The Labute approximate surface area is 188 Å². The summed E-state index contributed by atoms with van der Waals surface area (Å²) in [6.45, 7) is 5.10. The van der Waals surface area contributed by atoms with E-state index in [-0.39, 0.29) is 5.56 Å². The van der Waals surface area contributed by atoms with Gasteiger partial charge in [0.2, 0.25) is 0 Å². The smallest absolute Gasteiger partial charge is 0.339 e. The van der Waals surface area contributed by atoms with Gasteiger partial charge in [0.25, 0.3) is 0 Å². The van der Waals surface area contributed by atoms with Crippen LogP contribution in [-0.4, -0.2) is 27.6 Å². The second-order valence-electron chi connectivity index (χ2n) is 7.72. The second kappa shape index (κ2) is 8.09. The summed E-state index contributed by atoms with van der Waals surface area (Å²) in [5, 5.41) is 14.6. The Balaban J connectivity index is 1.34. The van der Waals surface area contributed by atoms with Crippen molar-refractivity contribution in [3.05, 3.63) is 76.6 Å². The summed E-state index contributed by atoms with van der Waals surface area (Å²) in [7, 11) is 0. The summed E-state index contributed by atoms with van der Waals surface area (Å²) in [5.41, 5.74) is 4.95. The number of fused-ring (bicyclic) bond motifs is 2. The zero-order chi connectivity index (χ0) is 22.2. The van der Waals surface area contributed by atoms with Crippen molar-refractivity contribution in [1.29, 1.82) is 0 Å². The number of carboxylic acid groups (broad SMARTS) is 1. The van der Waals surface area contributed by atoms with Gasteiger partial charge in [-0.3, -0.25) is 0 Å². The Kier molecular flexibility index (Phi) is 5.11. The lowest BCUT2D eigenvalue weighted by atomic mass is 10.1. The minimum Gasteiger partial charge on any atom is -0.478 e. The molecule has 0 bridgehead atoms. The van der Waals surface area contributed by atoms with Gasteiger partial charge in [0.15, 0.2) is 0 Å². The molecule has 0 radical (unpaired) electrons. The lowest BCUT2D eigenvalue weighted by molar-refractivity contribution is 0.0698. The fraction of sp³-hybridized carbons (Fsp3) is 0.160. The Morgan fingerprint density at radius 2 is 2.00 bits per heavy atom. The molecule has 2 N–H and O–H groups in total. The minimum atomic E-state index is -1.01. The summed E-state index contributed by atoms with van der Waals surface area (Å²) < 4.78 is 6.79. The summed E-state index contributed by atoms with van der Waals surface area (Å²) in [6.07, 6.45) is 3.70. The largest absolute Gasteiger partial charge is 0.478 e. The average Bonchev–Trinajstić information content (AvgIpc) is 3.36. The van der Waals surface area contributed by atoms with Crippen molar-refractivity contribution in [1.82, 2.24) is 9.97 Å². The molecular weight excluding hydrogens is 422 g/mol. The average molecular weight is 444 g/mol. The molecule has 6 nitrogen and oxygen atoms in total. The van der Waals surface area contributed by atoms with Crippen LogP contribution in [-0.2, 0) is 6.42 Å². The van der Waals surface area contributed by atoms with E-state index in [2.05, 4.69) is 47.3 Å². The Morgan fingerprint density at radius 3 is 2.84 bits per heavy atom. The highest BCUT2D eigenvalue weighted by Gasteiger charge is 2.14. The van der Waals surface area contributed by atoms with Gasteiger partial charge in [0.05, 0.1) is 5.69 Å². The molecule has 0 aliphatic rings. The summed E-state index contributed by atoms with van der Waals surface area (Å²) in [4.78, 5) is 21.4. The van der Waals surface area contributed by atoms with Crippen LogP contribution in [0.5, 0.6) is 0 Å². The van der Waals surface area contributed by atoms with Crippen LogP contribution in [0.2, 0.25) is 0 Å². The van der Waals surface area contributed by atoms with Crippen LogP contribution in [0, 0.1) is 13.8 Å². The number of aryl methyl sites for hydroxylation is 2. The number of carbonyl (C=O) groups is 1. The van der Waals surface area contributed by atoms with Crippen molar-refractivity contribution in [3.8, 4) is 11.3 Å². The third kappa shape index (κ3) is 3.61. The quantitative estimate of drug-likeness (QED) is 0.331. The first-order valence-electron chi connectivity index (χ1n) is 10.3. The fourth-order valence-electron chi connectivity index (χ4n) is 4.02. The van der Waals surface area contributed by atoms with Crippen LogP contribution in [0.15, 0.2) is 59.5 Å². The number of rotatable bonds is 6. The van der Waals surface area contributed by atoms with E-state index in [9.17, 15) is 9.90 Å². The van der Waals surface area contributed by atoms with Crippen molar-refractivity contribution in [2.45, 2.75) is 20.3 Å². The van der Waals surface area contributed by atoms with Crippen LogP contribution in [0.4, 0.5) is 5.82 Å². The van der Waals surface area contributed by atoms with Crippen LogP contribution in [0.25, 0.3) is 32.3 Å². The van der Waals surface area contributed by atoms with E-state index in [1.165, 1.54) is 38.7 Å². The van der Waals surface area contributed by atoms with Crippen molar-refractivity contribution in [2.24, 2.45) is 0 Å². The molecule has 2 aromatic carbocycles. The lowest BCUT2D eigenvalue weighted by Crippen LogP contribution is -2.07. The van der Waals surface area contributed by atoms with Crippen LogP contribution >= 0.6 is 11.3 Å². The summed E-state index contributed by atoms with van der Waals surface area (Å²) >= 11 is 1.86. The number of furan rings is 1. The molecule has 32 heavy (non-hydrogen) atoms. The van der Waals surface area contributed by atoms with E-state index in [4.69, 9.17) is 4.42 Å². The van der Waals surface area contributed by atoms with E-state index >= 15 is 0 Å². The number of thiophene rings is 1. The third-order valence-corrected chi connectivity index (χ3v) is 6.97. The van der Waals surface area contributed by atoms with E-state index in [1.54, 1.807) is 12.1 Å². The number of nitrogens with one attached hydrogen (secondary N) is 1. The maximum Gasteiger partial charge on any atom is 0.339 e. The number of hydrogen-bond donors (Lipinski definition) is 2. The van der Waals surface area contributed by atoms with Gasteiger partial charge < -0.3 is 14.8 Å². The van der Waals surface area contributed by atoms with Crippen LogP contribution in [0.1, 0.15) is 26.4 Å². The van der Waals surface area contributed by atoms with Gasteiger partial charge in [-0.1, -0.05) is 24.3 Å². The van der Waals surface area contributed by atoms with E-state index in [0.29, 0.717) is 11.0 Å². The molecule has 0 unspecified atom stereocenters. The SMILES string of the molecule is Cc1sc2c(C)cccc2c1CCNc1cc(-c2ccc3c(C(=O)O)coc3c2)ncn1. The molecule has 0 atom stereocenters. The predicted octanol–water partition coefficient (Wildman–Crippen LogP) is 6.07. The molecule has 7 heteroatoms. The molecule has 5 aromatic rings. The molecule has 5 rings (SSSR count). The Bertz CT molecular complexity index is 1470. The first-order valence-corrected chi connectivity index (χ1v) is 11.1. The number of aromatic carboxylic acids is 1. The third-order valence-electron chi connectivity index (χ3n) is 5.67. The molecule has 0 aliphatic carbocycles. The number of anilines is 1. The monoisotopic (exact) mass is 443 g/mol. The molecule has 0 fully saturated rings. The fourth-order valence-corrected chi connectivity index (χ4v) is 5.19. The molecule has 160 valence electrons. The van der Waals surface area contributed by atoms with Crippen molar-refractivity contribution in [2.75, 3.05) is 11.9 Å². The molecule has 0 saturated heterocycles. The van der Waals surface area contributed by atoms with Gasteiger partial charge in [-0.15, -0.1) is 11.3 Å². The number of carboxylic acids is 1. The second-order valence-corrected chi connectivity index (χ2v) is 8.94. The van der Waals surface area contributed by atoms with Gasteiger partial charge in [-0.25, -0.2) is 14.8 Å². The molecule has 0 aliphatic heterocycles. The predicted molar refractivity (Wildman–Crippen MR) is 128 cm³/mol. The van der Waals surface area contributed by atoms with Gasteiger partial charge in [-0.2, -0.15) is 0 Å². The van der Waals surface area contributed by atoms with Crippen molar-refractivity contribution in [3.63, 3.8) is 0 Å². The molecule has 3 heterocycles. The van der Waals surface area contributed by atoms with E-state index < -0.39 is 5.97 Å². The number of aromatic nitrogens is 2. The Hall–Kier alpha value is -3.71. The molecular formula is C25H21N3O3S. The lowest BCUT2D eigenvalue weighted by Gasteiger charge is -2.08. The first-order chi connectivity index (χ1) is 15.5. The molecule has 0 amide bonds. The number of benzene rings is 2. The highest BCUT2D eigenvalue weighted by molar-refractivity contribution is 7.19. The maximum atomic E-state index is 11.3. The normalized spacial score (nSPS) is 11.3. The standard InChI is InChI=1S/C25H21N3O3S/c1-14-4-3-5-19-17(15(2)32-24(14)19)8-9-26-23-11-21(27-13-28-23)16-6-7-18-20(25(29)30)12-31-22(18)10-16/h3-7,10-13H,8-9H2,1-2H3,(H,29,30)(H,26,27,28). The highest BCUT2D eigenvalue weighted by atomic mass is 32.1. The van der Waals surface area contributed by atoms with Crippen LogP contribution < -0.4 is 5.32 Å². The van der Waals surface area contributed by atoms with Gasteiger partial charge in [-0.05, 0) is 48.9 Å². The van der Waals surface area contributed by atoms with Gasteiger partial charge in [0.1, 0.15) is 29.6 Å². The summed E-state index contributed by atoms with van der Waals surface area (Å²) in [6, 6.07) is 13.8. The highest BCUT2D eigenvalue weighted by Crippen LogP contribution is 2.33. The molecule has 0 saturated carbocycles. The van der Waals surface area contributed by atoms with Crippen molar-refractivity contribution >= 4 is 44.2 Å². The van der Waals surface area contributed by atoms with Gasteiger partial charge in [0, 0.05) is 33.1 Å².